The molecular weight excluding hydrogens is 244 g/mol. The summed E-state index contributed by atoms with van der Waals surface area (Å²) in [6.07, 6.45) is 0. The van der Waals surface area contributed by atoms with Gasteiger partial charge in [0.2, 0.25) is 0 Å². The molecule has 17 heavy (non-hydrogen) atoms. The van der Waals surface area contributed by atoms with Gasteiger partial charge in [-0.2, -0.15) is 12.6 Å². The van der Waals surface area contributed by atoms with Crippen molar-refractivity contribution in [2.45, 2.75) is 0 Å². The third kappa shape index (κ3) is 4.54. The average molecular weight is 257 g/mol. The first-order valence-corrected chi connectivity index (χ1v) is 5.64. The van der Waals surface area contributed by atoms with E-state index in [2.05, 4.69) is 12.6 Å². The lowest BCUT2D eigenvalue weighted by atomic mass is 10.2. The Kier molecular flexibility index (Phi) is 5.65. The maximum atomic E-state index is 11.3. The van der Waals surface area contributed by atoms with Gasteiger partial charge in [-0.05, 0) is 18.2 Å². The van der Waals surface area contributed by atoms with Crippen LogP contribution in [0.4, 0.5) is 0 Å². The fourth-order valence-electron chi connectivity index (χ4n) is 1.15. The average Bonchev–Trinajstić information content (AvgIpc) is 2.28. The number of aromatic carboxylic acids is 1. The zero-order valence-corrected chi connectivity index (χ0v) is 9.98. The lowest BCUT2D eigenvalue weighted by Crippen LogP contribution is -2.09. The summed E-state index contributed by atoms with van der Waals surface area (Å²) in [6.45, 7) is 1.24. The zero-order chi connectivity index (χ0) is 12.7. The fourth-order valence-corrected chi connectivity index (χ4v) is 1.28. The van der Waals surface area contributed by atoms with Crippen molar-refractivity contribution in [2.75, 3.05) is 25.6 Å². The van der Waals surface area contributed by atoms with Crippen LogP contribution in [-0.4, -0.2) is 36.6 Å². The molecule has 0 aliphatic rings. The molecule has 94 valence electrons. The van der Waals surface area contributed by atoms with Crippen molar-refractivity contribution < 1.29 is 24.5 Å². The van der Waals surface area contributed by atoms with Crippen molar-refractivity contribution >= 4 is 18.6 Å². The van der Waals surface area contributed by atoms with Gasteiger partial charge in [-0.1, -0.05) is 5.75 Å². The van der Waals surface area contributed by atoms with E-state index in [4.69, 9.17) is 14.6 Å². The highest BCUT2D eigenvalue weighted by Crippen LogP contribution is 2.21. The van der Waals surface area contributed by atoms with Gasteiger partial charge in [0.15, 0.2) is 0 Å². The molecule has 0 amide bonds. The first-order valence-electron chi connectivity index (χ1n) is 5.01. The molecule has 0 fully saturated rings. The van der Waals surface area contributed by atoms with Gasteiger partial charge in [0.25, 0.3) is 0 Å². The van der Waals surface area contributed by atoms with Gasteiger partial charge < -0.3 is 19.7 Å². The molecule has 1 aromatic carbocycles. The van der Waals surface area contributed by atoms with Crippen LogP contribution in [0, 0.1) is 0 Å². The van der Waals surface area contributed by atoms with E-state index in [0.29, 0.717) is 31.3 Å². The van der Waals surface area contributed by atoms with Crippen LogP contribution in [0.1, 0.15) is 10.4 Å². The topological polar surface area (TPSA) is 78.8 Å². The van der Waals surface area contributed by atoms with Gasteiger partial charge in [0, 0.05) is 5.75 Å². The molecule has 0 saturated carbocycles. The highest BCUT2D eigenvalue weighted by atomic mass is 32.1. The second-order valence-corrected chi connectivity index (χ2v) is 3.59. The number of carboxylic acids is 1. The lowest BCUT2D eigenvalue weighted by molar-refractivity contribution is -0.268. The van der Waals surface area contributed by atoms with E-state index in [1.807, 2.05) is 0 Å². The Morgan fingerprint density at radius 2 is 2.12 bits per heavy atom. The van der Waals surface area contributed by atoms with Crippen molar-refractivity contribution in [3.05, 3.63) is 23.8 Å². The molecule has 0 spiro atoms. The summed E-state index contributed by atoms with van der Waals surface area (Å²) in [5.74, 6) is -0.822. The predicted molar refractivity (Wildman–Crippen MR) is 63.0 cm³/mol. The van der Waals surface area contributed by atoms with Gasteiger partial charge in [0.1, 0.15) is 12.4 Å². The number of rotatable bonds is 7. The van der Waals surface area contributed by atoms with Crippen molar-refractivity contribution in [3.8, 4) is 11.5 Å². The van der Waals surface area contributed by atoms with E-state index in [-0.39, 0.29) is 5.56 Å². The molecule has 0 heterocycles. The third-order valence-electron chi connectivity index (χ3n) is 1.92. The predicted octanol–water partition coefficient (Wildman–Crippen LogP) is 0.784. The summed E-state index contributed by atoms with van der Waals surface area (Å²) < 4.78 is 10.3. The molecule has 0 aliphatic heterocycles. The Labute approximate surface area is 104 Å². The number of carbonyl (C=O) groups is 1. The lowest BCUT2D eigenvalue weighted by Gasteiger charge is -2.13. The minimum absolute atomic E-state index is 0.260. The summed E-state index contributed by atoms with van der Waals surface area (Å²) in [5.41, 5.74) is -0.260. The van der Waals surface area contributed by atoms with Crippen LogP contribution in [0.25, 0.3) is 0 Å². The van der Waals surface area contributed by atoms with Gasteiger partial charge in [-0.3, -0.25) is 0 Å². The van der Waals surface area contributed by atoms with Crippen molar-refractivity contribution in [1.29, 1.82) is 0 Å². The minimum Gasteiger partial charge on any atom is -0.872 e. The summed E-state index contributed by atoms with van der Waals surface area (Å²) in [7, 11) is 0. The second kappa shape index (κ2) is 7.03. The quantitative estimate of drug-likeness (QED) is 0.557. The Bertz CT molecular complexity index is 380. The molecule has 0 atom stereocenters. The molecule has 0 saturated heterocycles. The summed E-state index contributed by atoms with van der Waals surface area (Å²) in [4.78, 5) is 10.6. The Hall–Kier alpha value is -1.40. The van der Waals surface area contributed by atoms with Gasteiger partial charge in [0.05, 0.1) is 18.8 Å². The number of thiol groups is 1. The summed E-state index contributed by atoms with van der Waals surface area (Å²) in [6, 6.07) is 3.83. The number of carboxylic acid groups (broad SMARTS) is 1. The Morgan fingerprint density at radius 1 is 1.35 bits per heavy atom. The van der Waals surface area contributed by atoms with Crippen LogP contribution in [0.2, 0.25) is 0 Å². The normalized spacial score (nSPS) is 10.2. The monoisotopic (exact) mass is 257 g/mol. The molecule has 1 N–H and O–H groups in total. The van der Waals surface area contributed by atoms with E-state index in [0.717, 1.165) is 6.07 Å². The van der Waals surface area contributed by atoms with Crippen LogP contribution in [0.5, 0.6) is 11.5 Å². The van der Waals surface area contributed by atoms with Crippen LogP contribution in [0.3, 0.4) is 0 Å². The van der Waals surface area contributed by atoms with Crippen LogP contribution >= 0.6 is 12.6 Å². The standard InChI is InChI=1S/C11H14O5S/c12-10-7-8(1-2-9(10)11(13)14)16-4-3-15-5-6-17/h1-2,7,12,17H,3-6H2,(H,13,14)/p-1. The van der Waals surface area contributed by atoms with E-state index in [1.54, 1.807) is 0 Å². The molecule has 1 aromatic rings. The highest BCUT2D eigenvalue weighted by Gasteiger charge is 2.04. The van der Waals surface area contributed by atoms with Crippen molar-refractivity contribution in [2.24, 2.45) is 0 Å². The maximum Gasteiger partial charge on any atom is 0.335 e. The van der Waals surface area contributed by atoms with E-state index >= 15 is 0 Å². The van der Waals surface area contributed by atoms with Crippen molar-refractivity contribution in [1.82, 2.24) is 0 Å². The number of ether oxygens (including phenoxy) is 2. The van der Waals surface area contributed by atoms with Gasteiger partial charge in [-0.15, -0.1) is 0 Å². The molecule has 0 bridgehead atoms. The molecule has 0 aromatic heterocycles. The van der Waals surface area contributed by atoms with Gasteiger partial charge >= 0.3 is 5.97 Å². The maximum absolute atomic E-state index is 11.3. The molecule has 0 radical (unpaired) electrons. The van der Waals surface area contributed by atoms with E-state index in [1.165, 1.54) is 12.1 Å². The smallest absolute Gasteiger partial charge is 0.335 e. The number of benzene rings is 1. The van der Waals surface area contributed by atoms with Crippen LogP contribution in [-0.2, 0) is 4.74 Å². The highest BCUT2D eigenvalue weighted by molar-refractivity contribution is 7.80. The molecule has 0 aliphatic carbocycles. The molecule has 5 nitrogen and oxygen atoms in total. The third-order valence-corrected chi connectivity index (χ3v) is 2.10. The van der Waals surface area contributed by atoms with E-state index in [9.17, 15) is 9.90 Å². The first kappa shape index (κ1) is 13.7. The van der Waals surface area contributed by atoms with Crippen molar-refractivity contribution in [3.63, 3.8) is 0 Å². The first-order chi connectivity index (χ1) is 8.15. The molecule has 1 rings (SSSR count). The Morgan fingerprint density at radius 3 is 2.71 bits per heavy atom. The largest absolute Gasteiger partial charge is 0.872 e. The molecule has 6 heteroatoms. The van der Waals surface area contributed by atoms with Crippen LogP contribution < -0.4 is 9.84 Å². The number of hydrogen-bond donors (Lipinski definition) is 2. The number of hydrogen-bond acceptors (Lipinski definition) is 5. The minimum atomic E-state index is -1.24. The Balaban J connectivity index is 2.45. The molecular formula is C11H13O5S-. The van der Waals surface area contributed by atoms with Gasteiger partial charge in [-0.25, -0.2) is 4.79 Å². The SMILES string of the molecule is O=C(O)c1ccc(OCCOCCS)cc1[O-]. The second-order valence-electron chi connectivity index (χ2n) is 3.15. The fraction of sp³-hybridized carbons (Fsp3) is 0.364. The summed E-state index contributed by atoms with van der Waals surface area (Å²) in [5, 5.41) is 20.0. The molecule has 0 unspecified atom stereocenters. The van der Waals surface area contributed by atoms with Crippen LogP contribution in [0.15, 0.2) is 18.2 Å². The van der Waals surface area contributed by atoms with E-state index < -0.39 is 11.7 Å². The summed E-state index contributed by atoms with van der Waals surface area (Å²) >= 11 is 3.97. The zero-order valence-electron chi connectivity index (χ0n) is 9.09.